The SMILES string of the molecule is NCCN(CCO)C1CCCc2ccccc21. The van der Waals surface area contributed by atoms with E-state index < -0.39 is 0 Å². The summed E-state index contributed by atoms with van der Waals surface area (Å²) in [6, 6.07) is 9.11. The summed E-state index contributed by atoms with van der Waals surface area (Å²) in [5, 5.41) is 9.16. The third-order valence-corrected chi connectivity index (χ3v) is 3.58. The number of benzene rings is 1. The number of aliphatic hydroxyl groups excluding tert-OH is 1. The molecule has 1 aliphatic carbocycles. The van der Waals surface area contributed by atoms with Crippen LogP contribution in [0, 0.1) is 0 Å². The maximum atomic E-state index is 9.16. The van der Waals surface area contributed by atoms with Gasteiger partial charge in [0.15, 0.2) is 0 Å². The average Bonchev–Trinajstić information content (AvgIpc) is 2.38. The van der Waals surface area contributed by atoms with E-state index in [0.717, 1.165) is 13.1 Å². The van der Waals surface area contributed by atoms with E-state index in [9.17, 15) is 0 Å². The molecule has 17 heavy (non-hydrogen) atoms. The molecule has 2 rings (SSSR count). The fourth-order valence-electron chi connectivity index (χ4n) is 2.83. The van der Waals surface area contributed by atoms with Crippen molar-refractivity contribution in [1.29, 1.82) is 0 Å². The molecule has 0 saturated heterocycles. The summed E-state index contributed by atoms with van der Waals surface area (Å²) in [5.41, 5.74) is 8.56. The molecule has 3 N–H and O–H groups in total. The van der Waals surface area contributed by atoms with Gasteiger partial charge in [-0.3, -0.25) is 4.90 Å². The minimum absolute atomic E-state index is 0.207. The lowest BCUT2D eigenvalue weighted by Crippen LogP contribution is -2.37. The van der Waals surface area contributed by atoms with Crippen LogP contribution in [-0.2, 0) is 6.42 Å². The quantitative estimate of drug-likeness (QED) is 0.808. The number of nitrogens with two attached hydrogens (primary N) is 1. The van der Waals surface area contributed by atoms with Gasteiger partial charge in [-0.1, -0.05) is 24.3 Å². The van der Waals surface area contributed by atoms with Crippen LogP contribution in [0.4, 0.5) is 0 Å². The van der Waals surface area contributed by atoms with Crippen LogP contribution in [0.3, 0.4) is 0 Å². The minimum atomic E-state index is 0.207. The first kappa shape index (κ1) is 12.6. The Kier molecular flexibility index (Phi) is 4.54. The molecule has 0 amide bonds. The number of hydrogen-bond acceptors (Lipinski definition) is 3. The van der Waals surface area contributed by atoms with Crippen molar-refractivity contribution >= 4 is 0 Å². The molecule has 0 aromatic heterocycles. The summed E-state index contributed by atoms with van der Waals surface area (Å²) in [5.74, 6) is 0. The summed E-state index contributed by atoms with van der Waals surface area (Å²) < 4.78 is 0. The van der Waals surface area contributed by atoms with Gasteiger partial charge in [-0.25, -0.2) is 0 Å². The number of hydrogen-bond donors (Lipinski definition) is 2. The second-order valence-corrected chi connectivity index (χ2v) is 4.66. The van der Waals surface area contributed by atoms with Crippen molar-refractivity contribution in [1.82, 2.24) is 4.90 Å². The van der Waals surface area contributed by atoms with Crippen molar-refractivity contribution in [3.05, 3.63) is 35.4 Å². The highest BCUT2D eigenvalue weighted by molar-refractivity contribution is 5.32. The summed E-state index contributed by atoms with van der Waals surface area (Å²) in [4.78, 5) is 2.32. The molecule has 0 aliphatic heterocycles. The Morgan fingerprint density at radius 3 is 2.88 bits per heavy atom. The molecule has 0 bridgehead atoms. The predicted octanol–water partition coefficient (Wildman–Crippen LogP) is 1.32. The summed E-state index contributed by atoms with van der Waals surface area (Å²) in [6.07, 6.45) is 3.59. The van der Waals surface area contributed by atoms with E-state index in [0.29, 0.717) is 12.6 Å². The van der Waals surface area contributed by atoms with Gasteiger partial charge in [-0.05, 0) is 30.4 Å². The summed E-state index contributed by atoms with van der Waals surface area (Å²) in [6.45, 7) is 2.44. The van der Waals surface area contributed by atoms with Crippen molar-refractivity contribution in [3.8, 4) is 0 Å². The topological polar surface area (TPSA) is 49.5 Å². The molecular weight excluding hydrogens is 212 g/mol. The lowest BCUT2D eigenvalue weighted by molar-refractivity contribution is 0.142. The zero-order valence-corrected chi connectivity index (χ0v) is 10.3. The number of nitrogens with zero attached hydrogens (tertiary/aromatic N) is 1. The van der Waals surface area contributed by atoms with E-state index in [4.69, 9.17) is 10.8 Å². The number of aliphatic hydroxyl groups is 1. The van der Waals surface area contributed by atoms with Crippen molar-refractivity contribution in [2.75, 3.05) is 26.2 Å². The van der Waals surface area contributed by atoms with Gasteiger partial charge in [0.2, 0.25) is 0 Å². The van der Waals surface area contributed by atoms with Crippen LogP contribution < -0.4 is 5.73 Å². The Hall–Kier alpha value is -0.900. The van der Waals surface area contributed by atoms with Gasteiger partial charge in [-0.2, -0.15) is 0 Å². The first-order chi connectivity index (χ1) is 8.36. The minimum Gasteiger partial charge on any atom is -0.395 e. The largest absolute Gasteiger partial charge is 0.395 e. The number of fused-ring (bicyclic) bond motifs is 1. The van der Waals surface area contributed by atoms with Crippen LogP contribution in [0.15, 0.2) is 24.3 Å². The van der Waals surface area contributed by atoms with Crippen molar-refractivity contribution < 1.29 is 5.11 Å². The van der Waals surface area contributed by atoms with Crippen LogP contribution in [0.2, 0.25) is 0 Å². The zero-order valence-electron chi connectivity index (χ0n) is 10.3. The van der Waals surface area contributed by atoms with Gasteiger partial charge < -0.3 is 10.8 Å². The predicted molar refractivity (Wildman–Crippen MR) is 69.8 cm³/mol. The van der Waals surface area contributed by atoms with Gasteiger partial charge in [0.1, 0.15) is 0 Å². The lowest BCUT2D eigenvalue weighted by atomic mass is 9.87. The monoisotopic (exact) mass is 234 g/mol. The first-order valence-corrected chi connectivity index (χ1v) is 6.49. The third kappa shape index (κ3) is 2.86. The van der Waals surface area contributed by atoms with Crippen LogP contribution in [0.5, 0.6) is 0 Å². The highest BCUT2D eigenvalue weighted by Crippen LogP contribution is 2.33. The molecule has 0 saturated carbocycles. The molecule has 1 unspecified atom stereocenters. The molecule has 1 aliphatic rings. The standard InChI is InChI=1S/C14H22N2O/c15-8-9-16(10-11-17)14-7-3-5-12-4-1-2-6-13(12)14/h1-2,4,6,14,17H,3,5,7-11,15H2. The van der Waals surface area contributed by atoms with Crippen LogP contribution >= 0.6 is 0 Å². The third-order valence-electron chi connectivity index (χ3n) is 3.58. The van der Waals surface area contributed by atoms with Gasteiger partial charge in [0.25, 0.3) is 0 Å². The van der Waals surface area contributed by atoms with Crippen molar-refractivity contribution in [3.63, 3.8) is 0 Å². The van der Waals surface area contributed by atoms with E-state index in [1.54, 1.807) is 0 Å². The lowest BCUT2D eigenvalue weighted by Gasteiger charge is -2.35. The molecule has 1 atom stereocenters. The Morgan fingerprint density at radius 2 is 2.12 bits per heavy atom. The van der Waals surface area contributed by atoms with Crippen LogP contribution in [0.1, 0.15) is 30.0 Å². The van der Waals surface area contributed by atoms with Crippen molar-refractivity contribution in [2.24, 2.45) is 5.73 Å². The molecule has 0 radical (unpaired) electrons. The highest BCUT2D eigenvalue weighted by Gasteiger charge is 2.24. The van der Waals surface area contributed by atoms with E-state index in [2.05, 4.69) is 29.2 Å². The van der Waals surface area contributed by atoms with E-state index in [1.807, 2.05) is 0 Å². The second kappa shape index (κ2) is 6.15. The smallest absolute Gasteiger partial charge is 0.0558 e. The maximum Gasteiger partial charge on any atom is 0.0558 e. The van der Waals surface area contributed by atoms with E-state index in [-0.39, 0.29) is 6.61 Å². The van der Waals surface area contributed by atoms with Gasteiger partial charge >= 0.3 is 0 Å². The fraction of sp³-hybridized carbons (Fsp3) is 0.571. The highest BCUT2D eigenvalue weighted by atomic mass is 16.3. The Morgan fingerprint density at radius 1 is 1.29 bits per heavy atom. The normalized spacial score (nSPS) is 19.4. The number of rotatable bonds is 5. The maximum absolute atomic E-state index is 9.16. The molecule has 1 aromatic carbocycles. The van der Waals surface area contributed by atoms with E-state index in [1.165, 1.54) is 30.4 Å². The van der Waals surface area contributed by atoms with Crippen LogP contribution in [-0.4, -0.2) is 36.2 Å². The van der Waals surface area contributed by atoms with Gasteiger partial charge in [0, 0.05) is 25.7 Å². The van der Waals surface area contributed by atoms with Crippen LogP contribution in [0.25, 0.3) is 0 Å². The Bertz CT molecular complexity index is 348. The first-order valence-electron chi connectivity index (χ1n) is 6.49. The Labute approximate surface area is 103 Å². The molecule has 3 heteroatoms. The molecule has 0 spiro atoms. The molecule has 3 nitrogen and oxygen atoms in total. The fourth-order valence-corrected chi connectivity index (χ4v) is 2.83. The summed E-state index contributed by atoms with van der Waals surface area (Å²) in [7, 11) is 0. The molecular formula is C14H22N2O. The second-order valence-electron chi connectivity index (χ2n) is 4.66. The van der Waals surface area contributed by atoms with Crippen molar-refractivity contribution in [2.45, 2.75) is 25.3 Å². The van der Waals surface area contributed by atoms with Gasteiger partial charge in [0.05, 0.1) is 6.61 Å². The number of aryl methyl sites for hydroxylation is 1. The molecule has 0 heterocycles. The van der Waals surface area contributed by atoms with Gasteiger partial charge in [-0.15, -0.1) is 0 Å². The Balaban J connectivity index is 2.20. The molecule has 94 valence electrons. The zero-order chi connectivity index (χ0) is 12.1. The molecule has 1 aromatic rings. The van der Waals surface area contributed by atoms with E-state index >= 15 is 0 Å². The average molecular weight is 234 g/mol. The molecule has 0 fully saturated rings. The summed E-state index contributed by atoms with van der Waals surface area (Å²) >= 11 is 0.